The lowest BCUT2D eigenvalue weighted by Crippen LogP contribution is -2.34. The topological polar surface area (TPSA) is 55.1 Å². The first kappa shape index (κ1) is 16.8. The zero-order valence-corrected chi connectivity index (χ0v) is 14.1. The number of nitrogens with zero attached hydrogens (tertiary/aromatic N) is 4. The van der Waals surface area contributed by atoms with Crippen molar-refractivity contribution in [3.63, 3.8) is 0 Å². The Morgan fingerprint density at radius 1 is 1.12 bits per heavy atom. The summed E-state index contributed by atoms with van der Waals surface area (Å²) >= 11 is 0. The first-order chi connectivity index (χ1) is 12.7. The molecule has 0 amide bonds. The van der Waals surface area contributed by atoms with Crippen LogP contribution in [0.4, 0.5) is 8.78 Å². The number of benzene rings is 1. The van der Waals surface area contributed by atoms with Crippen molar-refractivity contribution in [3.8, 4) is 11.5 Å². The van der Waals surface area contributed by atoms with Crippen molar-refractivity contribution < 1.29 is 13.2 Å². The third-order valence-corrected chi connectivity index (χ3v) is 4.65. The van der Waals surface area contributed by atoms with E-state index >= 15 is 0 Å². The van der Waals surface area contributed by atoms with Gasteiger partial charge in [-0.05, 0) is 37.6 Å². The van der Waals surface area contributed by atoms with Crippen LogP contribution in [0.15, 0.2) is 47.1 Å². The van der Waals surface area contributed by atoms with Gasteiger partial charge in [0.25, 0.3) is 0 Å². The second kappa shape index (κ2) is 7.29. The summed E-state index contributed by atoms with van der Waals surface area (Å²) < 4.78 is 33.2. The molecule has 3 aromatic rings. The fourth-order valence-corrected chi connectivity index (χ4v) is 3.32. The molecular formula is C19H18F2N4O. The van der Waals surface area contributed by atoms with Crippen LogP contribution in [0.25, 0.3) is 11.5 Å². The molecule has 0 N–H and O–H groups in total. The molecule has 3 heterocycles. The summed E-state index contributed by atoms with van der Waals surface area (Å²) in [6, 6.07) is 7.93. The van der Waals surface area contributed by atoms with Gasteiger partial charge in [-0.25, -0.2) is 8.78 Å². The Balaban J connectivity index is 1.47. The quantitative estimate of drug-likeness (QED) is 0.712. The Morgan fingerprint density at radius 3 is 2.81 bits per heavy atom. The minimum atomic E-state index is -0.810. The van der Waals surface area contributed by atoms with Crippen LogP contribution in [0, 0.1) is 11.6 Å². The average Bonchev–Trinajstić information content (AvgIpc) is 3.17. The van der Waals surface area contributed by atoms with Crippen molar-refractivity contribution in [1.82, 2.24) is 20.1 Å². The molecule has 134 valence electrons. The van der Waals surface area contributed by atoms with E-state index in [0.717, 1.165) is 31.0 Å². The third kappa shape index (κ3) is 3.48. The number of hydrogen-bond donors (Lipinski definition) is 0. The molecule has 0 bridgehead atoms. The summed E-state index contributed by atoms with van der Waals surface area (Å²) in [7, 11) is 0. The van der Waals surface area contributed by atoms with Crippen molar-refractivity contribution in [2.45, 2.75) is 25.3 Å². The number of hydrogen-bond acceptors (Lipinski definition) is 5. The number of halogens is 2. The van der Waals surface area contributed by atoms with Crippen LogP contribution < -0.4 is 0 Å². The summed E-state index contributed by atoms with van der Waals surface area (Å²) in [5, 5.41) is 8.32. The molecule has 7 heteroatoms. The first-order valence-electron chi connectivity index (χ1n) is 8.60. The van der Waals surface area contributed by atoms with Crippen LogP contribution >= 0.6 is 0 Å². The molecule has 1 fully saturated rings. The van der Waals surface area contributed by atoms with Gasteiger partial charge in [0.05, 0.1) is 5.92 Å². The molecular weight excluding hydrogens is 338 g/mol. The van der Waals surface area contributed by atoms with Gasteiger partial charge >= 0.3 is 0 Å². The number of aromatic nitrogens is 3. The van der Waals surface area contributed by atoms with Crippen LogP contribution in [0.1, 0.15) is 30.2 Å². The van der Waals surface area contributed by atoms with Crippen molar-refractivity contribution in [1.29, 1.82) is 0 Å². The predicted molar refractivity (Wildman–Crippen MR) is 91.1 cm³/mol. The van der Waals surface area contributed by atoms with E-state index in [1.165, 1.54) is 6.07 Å². The molecule has 1 saturated heterocycles. The van der Waals surface area contributed by atoms with E-state index in [2.05, 4.69) is 20.1 Å². The highest BCUT2D eigenvalue weighted by Gasteiger charge is 2.26. The van der Waals surface area contributed by atoms with Gasteiger partial charge in [-0.15, -0.1) is 10.2 Å². The first-order valence-corrected chi connectivity index (χ1v) is 8.60. The van der Waals surface area contributed by atoms with E-state index in [0.29, 0.717) is 30.4 Å². The highest BCUT2D eigenvalue weighted by Crippen LogP contribution is 2.29. The lowest BCUT2D eigenvalue weighted by atomic mass is 9.97. The van der Waals surface area contributed by atoms with E-state index in [9.17, 15) is 8.78 Å². The third-order valence-electron chi connectivity index (χ3n) is 4.65. The van der Waals surface area contributed by atoms with Crippen molar-refractivity contribution in [2.24, 2.45) is 0 Å². The molecule has 0 unspecified atom stereocenters. The maximum absolute atomic E-state index is 13.9. The molecule has 0 radical (unpaired) electrons. The molecule has 0 saturated carbocycles. The molecule has 5 nitrogen and oxygen atoms in total. The molecule has 1 aliphatic rings. The van der Waals surface area contributed by atoms with E-state index < -0.39 is 11.6 Å². The Labute approximate surface area is 149 Å². The molecule has 26 heavy (non-hydrogen) atoms. The predicted octanol–water partition coefficient (Wildman–Crippen LogP) is 3.79. The smallest absolute Gasteiger partial charge is 0.247 e. The molecule has 0 spiro atoms. The number of rotatable bonds is 4. The highest BCUT2D eigenvalue weighted by atomic mass is 19.2. The summed E-state index contributed by atoms with van der Waals surface area (Å²) in [5.74, 6) is -0.442. The molecule has 1 atom stereocenters. The van der Waals surface area contributed by atoms with E-state index in [-0.39, 0.29) is 5.92 Å². The summed E-state index contributed by atoms with van der Waals surface area (Å²) in [6.45, 7) is 1.87. The van der Waals surface area contributed by atoms with E-state index in [1.54, 1.807) is 18.5 Å². The maximum Gasteiger partial charge on any atom is 0.247 e. The summed E-state index contributed by atoms with van der Waals surface area (Å²) in [4.78, 5) is 6.08. The fraction of sp³-hybridized carbons (Fsp3) is 0.316. The normalized spacial score (nSPS) is 18.2. The number of piperidine rings is 1. The van der Waals surface area contributed by atoms with Gasteiger partial charge in [-0.3, -0.25) is 9.88 Å². The van der Waals surface area contributed by atoms with Crippen LogP contribution in [-0.4, -0.2) is 33.2 Å². The monoisotopic (exact) mass is 356 g/mol. The minimum absolute atomic E-state index is 0.0865. The van der Waals surface area contributed by atoms with Crippen LogP contribution in [0.5, 0.6) is 0 Å². The number of pyridine rings is 1. The van der Waals surface area contributed by atoms with Gasteiger partial charge in [0, 0.05) is 36.6 Å². The van der Waals surface area contributed by atoms with E-state index in [1.807, 2.05) is 12.1 Å². The van der Waals surface area contributed by atoms with Gasteiger partial charge in [0.2, 0.25) is 11.8 Å². The van der Waals surface area contributed by atoms with Crippen molar-refractivity contribution in [3.05, 3.63) is 65.8 Å². The molecule has 4 rings (SSSR count). The number of likely N-dealkylation sites (tertiary alicyclic amines) is 1. The lowest BCUT2D eigenvalue weighted by molar-refractivity contribution is 0.184. The molecule has 1 aliphatic heterocycles. The Hall–Kier alpha value is -2.67. The highest BCUT2D eigenvalue weighted by molar-refractivity contribution is 5.50. The second-order valence-electron chi connectivity index (χ2n) is 6.47. The molecule has 0 aliphatic carbocycles. The SMILES string of the molecule is Fc1cccc(CN2CCC[C@H](c3nnc(-c4ccncc4)o3)C2)c1F. The summed E-state index contributed by atoms with van der Waals surface area (Å²) in [5.41, 5.74) is 1.20. The van der Waals surface area contributed by atoms with Gasteiger partial charge in [0.1, 0.15) is 0 Å². The van der Waals surface area contributed by atoms with Crippen LogP contribution in [-0.2, 0) is 6.54 Å². The summed E-state index contributed by atoms with van der Waals surface area (Å²) in [6.07, 6.45) is 5.22. The molecule has 1 aromatic carbocycles. The van der Waals surface area contributed by atoms with Crippen LogP contribution in [0.3, 0.4) is 0 Å². The zero-order valence-electron chi connectivity index (χ0n) is 14.1. The fourth-order valence-electron chi connectivity index (χ4n) is 3.32. The van der Waals surface area contributed by atoms with Gasteiger partial charge in [0.15, 0.2) is 11.6 Å². The Kier molecular flexibility index (Phi) is 4.71. The molecule has 2 aromatic heterocycles. The average molecular weight is 356 g/mol. The largest absolute Gasteiger partial charge is 0.420 e. The van der Waals surface area contributed by atoms with Gasteiger partial charge in [-0.1, -0.05) is 12.1 Å². The lowest BCUT2D eigenvalue weighted by Gasteiger charge is -2.31. The van der Waals surface area contributed by atoms with Crippen molar-refractivity contribution in [2.75, 3.05) is 13.1 Å². The van der Waals surface area contributed by atoms with E-state index in [4.69, 9.17) is 4.42 Å². The van der Waals surface area contributed by atoms with Gasteiger partial charge in [-0.2, -0.15) is 0 Å². The van der Waals surface area contributed by atoms with Gasteiger partial charge < -0.3 is 4.42 Å². The standard InChI is InChI=1S/C19H18F2N4O/c20-16-5-1-3-14(17(16)21)11-25-10-2-4-15(12-25)19-24-23-18(26-19)13-6-8-22-9-7-13/h1,3,5-9,15H,2,4,10-12H2/t15-/m0/s1. The second-order valence-corrected chi connectivity index (χ2v) is 6.47. The Bertz CT molecular complexity index is 884. The van der Waals surface area contributed by atoms with Crippen molar-refractivity contribution >= 4 is 0 Å². The van der Waals surface area contributed by atoms with Crippen LogP contribution in [0.2, 0.25) is 0 Å². The maximum atomic E-state index is 13.9. The minimum Gasteiger partial charge on any atom is -0.420 e. The zero-order chi connectivity index (χ0) is 17.9. The Morgan fingerprint density at radius 2 is 1.96 bits per heavy atom.